The first kappa shape index (κ1) is 44.1. The molecule has 1 fully saturated rings. The molecule has 1 saturated heterocycles. The summed E-state index contributed by atoms with van der Waals surface area (Å²) in [5.41, 5.74) is 7.06. The molecule has 4 atom stereocenters. The number of aromatic nitrogens is 6. The van der Waals surface area contributed by atoms with E-state index in [1.165, 1.54) is 0 Å². The molecule has 67 heavy (non-hydrogen) atoms. The Morgan fingerprint density at radius 1 is 0.403 bits per heavy atom. The van der Waals surface area contributed by atoms with Crippen molar-refractivity contribution in [2.24, 2.45) is 0 Å². The second-order valence-corrected chi connectivity index (χ2v) is 16.2. The summed E-state index contributed by atoms with van der Waals surface area (Å²) in [6.45, 7) is 2.81. The molecule has 8 aromatic rings. The van der Waals surface area contributed by atoms with Gasteiger partial charge in [0, 0.05) is 22.3 Å². The van der Waals surface area contributed by atoms with Gasteiger partial charge in [0.05, 0.1) is 64.1 Å². The van der Waals surface area contributed by atoms with E-state index in [0.717, 1.165) is 55.8 Å². The molecule has 10 rings (SSSR count). The molecule has 2 aromatic heterocycles. The summed E-state index contributed by atoms with van der Waals surface area (Å²) in [6.07, 6.45) is -2.58. The highest BCUT2D eigenvalue weighted by Crippen LogP contribution is 2.35. The fourth-order valence-corrected chi connectivity index (χ4v) is 8.65. The summed E-state index contributed by atoms with van der Waals surface area (Å²) in [7, 11) is 0. The normalized spacial score (nSPS) is 20.0. The van der Waals surface area contributed by atoms with E-state index in [2.05, 4.69) is 36.4 Å². The van der Waals surface area contributed by atoms with Crippen molar-refractivity contribution in [3.8, 4) is 56.5 Å². The molecule has 0 bridgehead atoms. The van der Waals surface area contributed by atoms with E-state index in [-0.39, 0.29) is 46.3 Å². The lowest BCUT2D eigenvalue weighted by Crippen LogP contribution is -2.50. The zero-order valence-corrected chi connectivity index (χ0v) is 37.0. The monoisotopic (exact) mass is 900 g/mol. The van der Waals surface area contributed by atoms with Gasteiger partial charge in [-0.2, -0.15) is 0 Å². The number of nitrogens with zero attached hydrogens (tertiary/aromatic N) is 6. The smallest absolute Gasteiger partial charge is 0.161 e. The SMILES string of the molecule is c1ccc(-c2nnn(C[C@H]3OCO[C@H](Cn4nnc(-c5ccccc5)c4-c4ccccc4)[C@H]4OCCOCCOc5cc6ccccc6cc5OCCOCCO[C@@H]43)c2-c2ccccc2)cc1. The summed E-state index contributed by atoms with van der Waals surface area (Å²) >= 11 is 0. The van der Waals surface area contributed by atoms with E-state index in [4.69, 9.17) is 58.5 Å². The maximum absolute atomic E-state index is 6.89. The van der Waals surface area contributed by atoms with Crippen LogP contribution in [-0.2, 0) is 41.5 Å². The Morgan fingerprint density at radius 3 is 1.19 bits per heavy atom. The van der Waals surface area contributed by atoms with E-state index in [1.807, 2.05) is 131 Å². The van der Waals surface area contributed by atoms with Crippen molar-refractivity contribution in [3.05, 3.63) is 158 Å². The summed E-state index contributed by atoms with van der Waals surface area (Å²) in [6, 6.07) is 52.5. The predicted molar refractivity (Wildman–Crippen MR) is 252 cm³/mol. The lowest BCUT2D eigenvalue weighted by molar-refractivity contribution is -0.147. The number of ether oxygens (including phenoxy) is 8. The molecular formula is C53H52N6O8. The van der Waals surface area contributed by atoms with Crippen LogP contribution in [0.5, 0.6) is 11.5 Å². The third-order valence-electron chi connectivity index (χ3n) is 11.8. The van der Waals surface area contributed by atoms with Crippen molar-refractivity contribution in [1.82, 2.24) is 30.0 Å². The van der Waals surface area contributed by atoms with Gasteiger partial charge in [-0.15, -0.1) is 10.2 Å². The van der Waals surface area contributed by atoms with Crippen molar-refractivity contribution in [1.29, 1.82) is 0 Å². The molecule has 2 aliphatic heterocycles. The molecule has 6 aromatic carbocycles. The van der Waals surface area contributed by atoms with Gasteiger partial charge >= 0.3 is 0 Å². The van der Waals surface area contributed by atoms with Gasteiger partial charge in [0.2, 0.25) is 0 Å². The van der Waals surface area contributed by atoms with Crippen LogP contribution in [0.3, 0.4) is 0 Å². The number of fused-ring (bicyclic) bond motifs is 3. The highest BCUT2D eigenvalue weighted by molar-refractivity contribution is 5.86. The van der Waals surface area contributed by atoms with Crippen LogP contribution in [0.1, 0.15) is 0 Å². The summed E-state index contributed by atoms with van der Waals surface area (Å²) in [5.74, 6) is 1.29. The van der Waals surface area contributed by atoms with E-state index >= 15 is 0 Å². The van der Waals surface area contributed by atoms with Crippen molar-refractivity contribution in [2.45, 2.75) is 37.5 Å². The predicted octanol–water partition coefficient (Wildman–Crippen LogP) is 8.41. The summed E-state index contributed by atoms with van der Waals surface area (Å²) < 4.78 is 55.6. The molecule has 2 aliphatic rings. The third kappa shape index (κ3) is 10.4. The molecule has 14 nitrogen and oxygen atoms in total. The first-order valence-electron chi connectivity index (χ1n) is 22.8. The van der Waals surface area contributed by atoms with E-state index in [1.54, 1.807) is 0 Å². The molecule has 14 heteroatoms. The van der Waals surface area contributed by atoms with E-state index in [9.17, 15) is 0 Å². The largest absolute Gasteiger partial charge is 0.487 e. The minimum atomic E-state index is -0.681. The number of hydrogen-bond acceptors (Lipinski definition) is 12. The van der Waals surface area contributed by atoms with Gasteiger partial charge in [0.25, 0.3) is 0 Å². The van der Waals surface area contributed by atoms with Crippen LogP contribution in [0.4, 0.5) is 0 Å². The molecule has 0 amide bonds. The Kier molecular flexibility index (Phi) is 14.3. The molecule has 0 radical (unpaired) electrons. The molecule has 0 N–H and O–H groups in total. The summed E-state index contributed by atoms with van der Waals surface area (Å²) in [5, 5.41) is 21.1. The van der Waals surface area contributed by atoms with Crippen LogP contribution in [-0.4, -0.2) is 114 Å². The van der Waals surface area contributed by atoms with Crippen LogP contribution in [0.25, 0.3) is 55.8 Å². The molecule has 0 aliphatic carbocycles. The van der Waals surface area contributed by atoms with E-state index in [0.29, 0.717) is 37.9 Å². The van der Waals surface area contributed by atoms with Gasteiger partial charge in [-0.1, -0.05) is 156 Å². The minimum absolute atomic E-state index is 0.0475. The highest BCUT2D eigenvalue weighted by Gasteiger charge is 2.42. The van der Waals surface area contributed by atoms with E-state index < -0.39 is 24.4 Å². The Labute approximate surface area is 388 Å². The van der Waals surface area contributed by atoms with Gasteiger partial charge in [0.15, 0.2) is 11.5 Å². The molecule has 0 unspecified atom stereocenters. The van der Waals surface area contributed by atoms with Gasteiger partial charge in [0.1, 0.15) is 55.8 Å². The lowest BCUT2D eigenvalue weighted by Gasteiger charge is -2.34. The average Bonchev–Trinajstić information content (AvgIpc) is 3.96. The minimum Gasteiger partial charge on any atom is -0.487 e. The average molecular weight is 901 g/mol. The van der Waals surface area contributed by atoms with Gasteiger partial charge in [-0.05, 0) is 22.9 Å². The van der Waals surface area contributed by atoms with Crippen LogP contribution >= 0.6 is 0 Å². The second kappa shape index (κ2) is 21.7. The van der Waals surface area contributed by atoms with Crippen molar-refractivity contribution in [3.63, 3.8) is 0 Å². The number of benzene rings is 6. The fourth-order valence-electron chi connectivity index (χ4n) is 8.65. The lowest BCUT2D eigenvalue weighted by atomic mass is 10.0. The standard InChI is InChI=1S/C53H52N6O8/c1-5-15-38(16-6-1)48-50(40-19-9-3-10-20-40)58(56-54-48)35-46-52-53(47(67-37-66-46)36-59-51(41-21-11-4-12-22-41)49(55-57-59)39-17-7-2-8-18-39)65-32-28-61-26-30-63-45-34-43-24-14-13-23-42(43)33-44(45)62-29-25-60-27-31-64-52/h1-24,33-34,46-47,52-53H,25-32,35-37H2/t46-,47-,52-,53-/m1/s1. The van der Waals surface area contributed by atoms with Crippen molar-refractivity contribution >= 4 is 10.8 Å². The Bertz CT molecular complexity index is 2600. The fraction of sp³-hybridized carbons (Fsp3) is 0.283. The molecule has 0 saturated carbocycles. The van der Waals surface area contributed by atoms with Crippen LogP contribution in [0, 0.1) is 0 Å². The first-order chi connectivity index (χ1) is 33.3. The zero-order valence-electron chi connectivity index (χ0n) is 37.0. The van der Waals surface area contributed by atoms with Crippen molar-refractivity contribution < 1.29 is 37.9 Å². The first-order valence-corrected chi connectivity index (χ1v) is 22.8. The van der Waals surface area contributed by atoms with Crippen molar-refractivity contribution in [2.75, 3.05) is 59.6 Å². The highest BCUT2D eigenvalue weighted by atomic mass is 16.7. The van der Waals surface area contributed by atoms with Crippen LogP contribution in [0.2, 0.25) is 0 Å². The Hall–Kier alpha value is -6.78. The molecule has 0 spiro atoms. The molecule has 4 heterocycles. The maximum Gasteiger partial charge on any atom is 0.161 e. The topological polar surface area (TPSA) is 135 Å². The molecule has 342 valence electrons. The molecular weight excluding hydrogens is 849 g/mol. The Balaban J connectivity index is 0.972. The van der Waals surface area contributed by atoms with Crippen LogP contribution < -0.4 is 9.47 Å². The Morgan fingerprint density at radius 2 is 0.776 bits per heavy atom. The quantitative estimate of drug-likeness (QED) is 0.145. The second-order valence-electron chi connectivity index (χ2n) is 16.2. The number of rotatable bonds is 8. The summed E-state index contributed by atoms with van der Waals surface area (Å²) in [4.78, 5) is 0. The van der Waals surface area contributed by atoms with Gasteiger partial charge in [-0.25, -0.2) is 9.36 Å². The van der Waals surface area contributed by atoms with Crippen LogP contribution in [0.15, 0.2) is 158 Å². The maximum atomic E-state index is 6.89. The van der Waals surface area contributed by atoms with Gasteiger partial charge < -0.3 is 37.9 Å². The van der Waals surface area contributed by atoms with Gasteiger partial charge in [-0.3, -0.25) is 0 Å². The number of hydrogen-bond donors (Lipinski definition) is 0. The third-order valence-corrected chi connectivity index (χ3v) is 11.8. The zero-order chi connectivity index (χ0) is 45.0.